The molecule has 1 heteroatoms. The maximum Gasteiger partial charge on any atom is 0.0547 e. The summed E-state index contributed by atoms with van der Waals surface area (Å²) in [5.41, 5.74) is 6.20. The molecule has 5 aromatic rings. The third kappa shape index (κ3) is 2.33. The largest absolute Gasteiger partial charge is 0.309 e. The molecule has 26 heavy (non-hydrogen) atoms. The average molecular weight is 333 g/mol. The Hall–Kier alpha value is -3.32. The normalized spacial score (nSPS) is 11.3. The summed E-state index contributed by atoms with van der Waals surface area (Å²) >= 11 is 0. The van der Waals surface area contributed by atoms with E-state index < -0.39 is 0 Å². The molecule has 0 spiro atoms. The minimum absolute atomic E-state index is 1.19. The number of aromatic nitrogens is 1. The van der Waals surface area contributed by atoms with E-state index in [0.717, 1.165) is 0 Å². The molecule has 0 saturated heterocycles. The van der Waals surface area contributed by atoms with Crippen molar-refractivity contribution in [1.82, 2.24) is 4.57 Å². The first-order chi connectivity index (χ1) is 12.8. The minimum atomic E-state index is 1.19. The highest BCUT2D eigenvalue weighted by Gasteiger charge is 2.14. The Morgan fingerprint density at radius 1 is 0.615 bits per heavy atom. The van der Waals surface area contributed by atoms with Gasteiger partial charge in [0, 0.05) is 16.6 Å². The van der Waals surface area contributed by atoms with Gasteiger partial charge >= 0.3 is 0 Å². The van der Waals surface area contributed by atoms with Crippen molar-refractivity contribution in [2.75, 3.05) is 0 Å². The minimum Gasteiger partial charge on any atom is -0.309 e. The predicted molar refractivity (Wildman–Crippen MR) is 111 cm³/mol. The number of rotatable bonds is 2. The SMILES string of the molecule is Cc1ccc(-n2c(-c3cccc4ccccc34)cc3ccccc32)cc1. The maximum atomic E-state index is 2.37. The van der Waals surface area contributed by atoms with E-state index in [1.165, 1.54) is 44.2 Å². The molecule has 1 heterocycles. The second-order valence-corrected chi connectivity index (χ2v) is 6.79. The molecular weight excluding hydrogens is 314 g/mol. The molecule has 0 fully saturated rings. The number of aryl methyl sites for hydroxylation is 1. The standard InChI is InChI=1S/C25H19N/c1-18-13-15-21(16-14-18)26-24-12-5-3-8-20(24)17-25(26)23-11-6-9-19-7-2-4-10-22(19)23/h2-17H,1H3. The first kappa shape index (κ1) is 15.0. The van der Waals surface area contributed by atoms with E-state index in [1.807, 2.05) is 0 Å². The zero-order valence-corrected chi connectivity index (χ0v) is 14.7. The Kier molecular flexibility index (Phi) is 3.39. The number of hydrogen-bond donors (Lipinski definition) is 0. The van der Waals surface area contributed by atoms with E-state index in [-0.39, 0.29) is 0 Å². The molecule has 1 aromatic heterocycles. The van der Waals surface area contributed by atoms with E-state index >= 15 is 0 Å². The van der Waals surface area contributed by atoms with Crippen LogP contribution in [0.15, 0.2) is 97.1 Å². The Labute approximate surface area is 153 Å². The molecule has 124 valence electrons. The van der Waals surface area contributed by atoms with Gasteiger partial charge in [-0.15, -0.1) is 0 Å². The van der Waals surface area contributed by atoms with Crippen LogP contribution < -0.4 is 0 Å². The number of para-hydroxylation sites is 1. The van der Waals surface area contributed by atoms with E-state index in [4.69, 9.17) is 0 Å². The first-order valence-corrected chi connectivity index (χ1v) is 8.97. The molecule has 0 aliphatic carbocycles. The summed E-state index contributed by atoms with van der Waals surface area (Å²) in [7, 11) is 0. The van der Waals surface area contributed by atoms with E-state index in [9.17, 15) is 0 Å². The molecule has 0 saturated carbocycles. The second kappa shape index (κ2) is 5.89. The Balaban J connectivity index is 1.88. The van der Waals surface area contributed by atoms with E-state index in [1.54, 1.807) is 0 Å². The highest BCUT2D eigenvalue weighted by Crippen LogP contribution is 2.35. The molecule has 0 unspecified atom stereocenters. The zero-order chi connectivity index (χ0) is 17.5. The summed E-state index contributed by atoms with van der Waals surface area (Å²) in [6.07, 6.45) is 0. The van der Waals surface area contributed by atoms with Crippen LogP contribution in [0.25, 0.3) is 38.6 Å². The highest BCUT2D eigenvalue weighted by atomic mass is 15.0. The van der Waals surface area contributed by atoms with Crippen LogP contribution in [0.2, 0.25) is 0 Å². The lowest BCUT2D eigenvalue weighted by Crippen LogP contribution is -1.97. The van der Waals surface area contributed by atoms with Crippen LogP contribution in [0, 0.1) is 6.92 Å². The summed E-state index contributed by atoms with van der Waals surface area (Å²) in [6.45, 7) is 2.13. The lowest BCUT2D eigenvalue weighted by molar-refractivity contribution is 1.13. The van der Waals surface area contributed by atoms with Crippen molar-refractivity contribution < 1.29 is 0 Å². The van der Waals surface area contributed by atoms with Gasteiger partial charge in [0.15, 0.2) is 0 Å². The van der Waals surface area contributed by atoms with Gasteiger partial charge in [-0.05, 0) is 42.0 Å². The second-order valence-electron chi connectivity index (χ2n) is 6.79. The van der Waals surface area contributed by atoms with Crippen molar-refractivity contribution in [2.45, 2.75) is 6.92 Å². The number of fused-ring (bicyclic) bond motifs is 2. The Morgan fingerprint density at radius 2 is 1.31 bits per heavy atom. The number of nitrogens with zero attached hydrogens (tertiary/aromatic N) is 1. The summed E-state index contributed by atoms with van der Waals surface area (Å²) in [6, 6.07) is 34.8. The summed E-state index contributed by atoms with van der Waals surface area (Å²) in [4.78, 5) is 0. The van der Waals surface area contributed by atoms with Gasteiger partial charge in [0.1, 0.15) is 0 Å². The maximum absolute atomic E-state index is 2.37. The van der Waals surface area contributed by atoms with Crippen molar-refractivity contribution in [2.24, 2.45) is 0 Å². The zero-order valence-electron chi connectivity index (χ0n) is 14.7. The van der Waals surface area contributed by atoms with Gasteiger partial charge in [0.05, 0.1) is 11.2 Å². The van der Waals surface area contributed by atoms with Crippen LogP contribution in [0.5, 0.6) is 0 Å². The lowest BCUT2D eigenvalue weighted by Gasteiger charge is -2.13. The van der Waals surface area contributed by atoms with Gasteiger partial charge in [-0.1, -0.05) is 78.4 Å². The smallest absolute Gasteiger partial charge is 0.0547 e. The van der Waals surface area contributed by atoms with Crippen LogP contribution in [0.1, 0.15) is 5.56 Å². The molecule has 0 atom stereocenters. The fraction of sp³-hybridized carbons (Fsp3) is 0.0400. The van der Waals surface area contributed by atoms with Gasteiger partial charge in [-0.25, -0.2) is 0 Å². The van der Waals surface area contributed by atoms with Crippen molar-refractivity contribution in [3.05, 3.63) is 103 Å². The molecule has 0 aliphatic rings. The molecule has 0 N–H and O–H groups in total. The molecular formula is C25H19N. The van der Waals surface area contributed by atoms with Crippen molar-refractivity contribution >= 4 is 21.7 Å². The quantitative estimate of drug-likeness (QED) is 0.336. The Morgan fingerprint density at radius 3 is 2.15 bits per heavy atom. The predicted octanol–water partition coefficient (Wildman–Crippen LogP) is 6.76. The van der Waals surface area contributed by atoms with Gasteiger partial charge in [-0.2, -0.15) is 0 Å². The van der Waals surface area contributed by atoms with Crippen LogP contribution in [-0.2, 0) is 0 Å². The van der Waals surface area contributed by atoms with Crippen molar-refractivity contribution in [3.8, 4) is 16.9 Å². The third-order valence-electron chi connectivity index (χ3n) is 5.07. The average Bonchev–Trinajstić information content (AvgIpc) is 3.07. The van der Waals surface area contributed by atoms with Gasteiger partial charge in [-0.3, -0.25) is 0 Å². The first-order valence-electron chi connectivity index (χ1n) is 8.97. The van der Waals surface area contributed by atoms with Crippen LogP contribution in [0.3, 0.4) is 0 Å². The summed E-state index contributed by atoms with van der Waals surface area (Å²) < 4.78 is 2.37. The fourth-order valence-electron chi connectivity index (χ4n) is 3.77. The van der Waals surface area contributed by atoms with Crippen molar-refractivity contribution in [1.29, 1.82) is 0 Å². The fourth-order valence-corrected chi connectivity index (χ4v) is 3.77. The van der Waals surface area contributed by atoms with Crippen molar-refractivity contribution in [3.63, 3.8) is 0 Å². The molecule has 5 rings (SSSR count). The topological polar surface area (TPSA) is 4.93 Å². The lowest BCUT2D eigenvalue weighted by atomic mass is 10.0. The van der Waals surface area contributed by atoms with Gasteiger partial charge in [0.2, 0.25) is 0 Å². The van der Waals surface area contributed by atoms with Crippen LogP contribution in [0.4, 0.5) is 0 Å². The summed E-state index contributed by atoms with van der Waals surface area (Å²) in [5, 5.41) is 3.81. The highest BCUT2D eigenvalue weighted by molar-refractivity contribution is 5.99. The monoisotopic (exact) mass is 333 g/mol. The summed E-state index contributed by atoms with van der Waals surface area (Å²) in [5.74, 6) is 0. The Bertz CT molecular complexity index is 1220. The number of benzene rings is 4. The van der Waals surface area contributed by atoms with E-state index in [0.29, 0.717) is 0 Å². The molecule has 1 nitrogen and oxygen atoms in total. The third-order valence-corrected chi connectivity index (χ3v) is 5.07. The number of hydrogen-bond acceptors (Lipinski definition) is 0. The molecule has 0 amide bonds. The molecule has 0 radical (unpaired) electrons. The van der Waals surface area contributed by atoms with Gasteiger partial charge in [0.25, 0.3) is 0 Å². The van der Waals surface area contributed by atoms with E-state index in [2.05, 4.69) is 109 Å². The van der Waals surface area contributed by atoms with Crippen LogP contribution in [-0.4, -0.2) is 4.57 Å². The van der Waals surface area contributed by atoms with Crippen LogP contribution >= 0.6 is 0 Å². The molecule has 0 aliphatic heterocycles. The molecule has 0 bridgehead atoms. The van der Waals surface area contributed by atoms with Gasteiger partial charge < -0.3 is 4.57 Å². The molecule has 4 aromatic carbocycles.